The summed E-state index contributed by atoms with van der Waals surface area (Å²) in [4.78, 5) is 0. The Hall–Kier alpha value is -1.58. The maximum absolute atomic E-state index is 13.7. The third-order valence-electron chi connectivity index (χ3n) is 3.79. The molecule has 0 heterocycles. The minimum absolute atomic E-state index is 0.126. The Kier molecular flexibility index (Phi) is 4.86. The van der Waals surface area contributed by atoms with Gasteiger partial charge in [0.15, 0.2) is 0 Å². The summed E-state index contributed by atoms with van der Waals surface area (Å²) in [5.74, 6) is 0.405. The predicted molar refractivity (Wildman–Crippen MR) is 84.8 cm³/mol. The van der Waals surface area contributed by atoms with E-state index in [2.05, 4.69) is 5.32 Å². The molecule has 1 atom stereocenters. The van der Waals surface area contributed by atoms with Crippen molar-refractivity contribution >= 4 is 11.6 Å². The van der Waals surface area contributed by atoms with Gasteiger partial charge in [0.05, 0.1) is 18.2 Å². The van der Waals surface area contributed by atoms with Gasteiger partial charge in [-0.3, -0.25) is 0 Å². The van der Waals surface area contributed by atoms with E-state index in [4.69, 9.17) is 16.3 Å². The van der Waals surface area contributed by atoms with E-state index in [-0.39, 0.29) is 11.1 Å². The molecule has 1 N–H and O–H groups in total. The van der Waals surface area contributed by atoms with Crippen LogP contribution in [0.1, 0.15) is 28.3 Å². The van der Waals surface area contributed by atoms with Crippen LogP contribution in [0.25, 0.3) is 0 Å². The first-order valence-electron chi connectivity index (χ1n) is 6.76. The van der Waals surface area contributed by atoms with Gasteiger partial charge in [-0.1, -0.05) is 29.8 Å². The maximum atomic E-state index is 13.7. The van der Waals surface area contributed by atoms with Crippen LogP contribution >= 0.6 is 11.6 Å². The van der Waals surface area contributed by atoms with Crippen molar-refractivity contribution < 1.29 is 9.13 Å². The van der Waals surface area contributed by atoms with Crippen molar-refractivity contribution in [2.24, 2.45) is 0 Å². The minimum Gasteiger partial charge on any atom is -0.496 e. The van der Waals surface area contributed by atoms with Gasteiger partial charge in [0.2, 0.25) is 0 Å². The first kappa shape index (κ1) is 15.8. The quantitative estimate of drug-likeness (QED) is 0.903. The normalized spacial score (nSPS) is 12.3. The van der Waals surface area contributed by atoms with Crippen molar-refractivity contribution in [3.8, 4) is 5.75 Å². The molecule has 1 unspecified atom stereocenters. The lowest BCUT2D eigenvalue weighted by Crippen LogP contribution is -2.19. The fourth-order valence-electron chi connectivity index (χ4n) is 2.50. The van der Waals surface area contributed by atoms with Crippen LogP contribution in [0.2, 0.25) is 5.02 Å². The molecule has 2 rings (SSSR count). The van der Waals surface area contributed by atoms with E-state index in [0.717, 1.165) is 28.0 Å². The Labute approximate surface area is 129 Å². The van der Waals surface area contributed by atoms with Crippen LogP contribution in [-0.4, -0.2) is 14.2 Å². The summed E-state index contributed by atoms with van der Waals surface area (Å²) in [6.45, 7) is 4.06. The van der Waals surface area contributed by atoms with Gasteiger partial charge in [0, 0.05) is 5.56 Å². The molecule has 2 nitrogen and oxygen atoms in total. The summed E-state index contributed by atoms with van der Waals surface area (Å²) >= 11 is 5.76. The van der Waals surface area contributed by atoms with Crippen molar-refractivity contribution in [3.63, 3.8) is 0 Å². The number of methoxy groups -OCH3 is 1. The summed E-state index contributed by atoms with van der Waals surface area (Å²) in [7, 11) is 3.49. The maximum Gasteiger partial charge on any atom is 0.142 e. The molecular weight excluding hydrogens is 289 g/mol. The van der Waals surface area contributed by atoms with Crippen molar-refractivity contribution in [2.75, 3.05) is 14.2 Å². The molecule has 21 heavy (non-hydrogen) atoms. The monoisotopic (exact) mass is 307 g/mol. The Morgan fingerprint density at radius 3 is 2.48 bits per heavy atom. The van der Waals surface area contributed by atoms with E-state index >= 15 is 0 Å². The molecule has 0 amide bonds. The molecule has 0 aliphatic heterocycles. The molecule has 112 valence electrons. The molecule has 4 heteroatoms. The average molecular weight is 308 g/mol. The average Bonchev–Trinajstić information content (AvgIpc) is 2.47. The Balaban J connectivity index is 2.56. The third kappa shape index (κ3) is 3.04. The molecule has 2 aromatic rings. The lowest BCUT2D eigenvalue weighted by molar-refractivity contribution is 0.402. The van der Waals surface area contributed by atoms with Gasteiger partial charge >= 0.3 is 0 Å². The van der Waals surface area contributed by atoms with Crippen LogP contribution in [0.5, 0.6) is 5.75 Å². The molecule has 0 spiro atoms. The van der Waals surface area contributed by atoms with Gasteiger partial charge in [-0.15, -0.1) is 0 Å². The van der Waals surface area contributed by atoms with Gasteiger partial charge in [0.1, 0.15) is 11.6 Å². The lowest BCUT2D eigenvalue weighted by atomic mass is 9.94. The zero-order chi connectivity index (χ0) is 15.6. The van der Waals surface area contributed by atoms with Crippen LogP contribution < -0.4 is 10.1 Å². The highest BCUT2D eigenvalue weighted by atomic mass is 35.5. The van der Waals surface area contributed by atoms with E-state index in [9.17, 15) is 4.39 Å². The second-order valence-electron chi connectivity index (χ2n) is 5.03. The second-order valence-corrected chi connectivity index (χ2v) is 5.43. The Morgan fingerprint density at radius 1 is 1.19 bits per heavy atom. The largest absolute Gasteiger partial charge is 0.496 e. The number of ether oxygens (including phenoxy) is 1. The number of hydrogen-bond acceptors (Lipinski definition) is 2. The van der Waals surface area contributed by atoms with Crippen molar-refractivity contribution in [1.82, 2.24) is 5.32 Å². The van der Waals surface area contributed by atoms with E-state index in [1.807, 2.05) is 39.1 Å². The summed E-state index contributed by atoms with van der Waals surface area (Å²) < 4.78 is 19.3. The van der Waals surface area contributed by atoms with Crippen LogP contribution in [0.4, 0.5) is 4.39 Å². The van der Waals surface area contributed by atoms with E-state index in [1.165, 1.54) is 6.07 Å². The second kappa shape index (κ2) is 6.46. The fourth-order valence-corrected chi connectivity index (χ4v) is 2.62. The van der Waals surface area contributed by atoms with Crippen LogP contribution in [-0.2, 0) is 0 Å². The summed E-state index contributed by atoms with van der Waals surface area (Å²) in [5, 5.41) is 3.34. The van der Waals surface area contributed by atoms with Crippen molar-refractivity contribution in [1.29, 1.82) is 0 Å². The number of aryl methyl sites for hydroxylation is 1. The molecule has 0 radical (unpaired) electrons. The lowest BCUT2D eigenvalue weighted by Gasteiger charge is -2.22. The highest BCUT2D eigenvalue weighted by Crippen LogP contribution is 2.34. The summed E-state index contributed by atoms with van der Waals surface area (Å²) in [5.41, 5.74) is 4.03. The fraction of sp³-hybridized carbons (Fsp3) is 0.294. The minimum atomic E-state index is -0.419. The topological polar surface area (TPSA) is 21.3 Å². The van der Waals surface area contributed by atoms with Crippen LogP contribution in [0, 0.1) is 19.7 Å². The SMILES string of the molecule is CNC(c1ccc(Cl)c(F)c1)c1ccc(C)c(C)c1OC. The van der Waals surface area contributed by atoms with E-state index in [1.54, 1.807) is 13.2 Å². The van der Waals surface area contributed by atoms with Crippen molar-refractivity contribution in [2.45, 2.75) is 19.9 Å². The molecule has 0 aromatic heterocycles. The standard InChI is InChI=1S/C17H19ClFNO/c1-10-5-7-13(17(21-4)11(10)2)16(20-3)12-6-8-14(18)15(19)9-12/h5-9,16,20H,1-4H3. The number of nitrogens with one attached hydrogen (secondary N) is 1. The van der Waals surface area contributed by atoms with Gasteiger partial charge in [-0.25, -0.2) is 4.39 Å². The van der Waals surface area contributed by atoms with Gasteiger partial charge in [-0.05, 0) is 49.7 Å². The van der Waals surface area contributed by atoms with Gasteiger partial charge in [0.25, 0.3) is 0 Å². The molecule has 0 saturated carbocycles. The zero-order valence-corrected chi connectivity index (χ0v) is 13.4. The Bertz CT molecular complexity index is 657. The number of benzene rings is 2. The number of hydrogen-bond donors (Lipinski definition) is 1. The molecule has 0 fully saturated rings. The molecule has 0 aliphatic carbocycles. The van der Waals surface area contributed by atoms with Gasteiger partial charge in [-0.2, -0.15) is 0 Å². The zero-order valence-electron chi connectivity index (χ0n) is 12.6. The third-order valence-corrected chi connectivity index (χ3v) is 4.09. The van der Waals surface area contributed by atoms with Crippen LogP contribution in [0.15, 0.2) is 30.3 Å². The van der Waals surface area contributed by atoms with Crippen LogP contribution in [0.3, 0.4) is 0 Å². The predicted octanol–water partition coefficient (Wildman–Crippen LogP) is 4.41. The van der Waals surface area contributed by atoms with Crippen molar-refractivity contribution in [3.05, 3.63) is 63.4 Å². The smallest absolute Gasteiger partial charge is 0.142 e. The first-order valence-corrected chi connectivity index (χ1v) is 7.13. The van der Waals surface area contributed by atoms with Gasteiger partial charge < -0.3 is 10.1 Å². The number of halogens is 2. The van der Waals surface area contributed by atoms with E-state index in [0.29, 0.717) is 0 Å². The molecule has 0 bridgehead atoms. The highest BCUT2D eigenvalue weighted by molar-refractivity contribution is 6.30. The molecular formula is C17H19ClFNO. The van der Waals surface area contributed by atoms with E-state index < -0.39 is 5.82 Å². The summed E-state index contributed by atoms with van der Waals surface area (Å²) in [6.07, 6.45) is 0. The molecule has 0 aliphatic rings. The molecule has 2 aromatic carbocycles. The summed E-state index contributed by atoms with van der Waals surface area (Å²) in [6, 6.07) is 8.74. The number of rotatable bonds is 4. The Morgan fingerprint density at radius 2 is 1.90 bits per heavy atom. The molecule has 0 saturated heterocycles. The highest BCUT2D eigenvalue weighted by Gasteiger charge is 2.19. The first-order chi connectivity index (χ1) is 9.99.